The lowest BCUT2D eigenvalue weighted by atomic mass is 9.98. The minimum atomic E-state index is -0.366. The Bertz CT molecular complexity index is 852. The lowest BCUT2D eigenvalue weighted by Gasteiger charge is -2.30. The van der Waals surface area contributed by atoms with E-state index in [1.165, 1.54) is 17.2 Å². The van der Waals surface area contributed by atoms with Crippen molar-refractivity contribution >= 4 is 5.69 Å². The van der Waals surface area contributed by atoms with Crippen LogP contribution in [0.1, 0.15) is 22.3 Å². The highest BCUT2D eigenvalue weighted by Crippen LogP contribution is 2.34. The molecule has 0 spiro atoms. The number of nitrogens with zero attached hydrogens (tertiary/aromatic N) is 2. The monoisotopic (exact) mass is 356 g/mol. The summed E-state index contributed by atoms with van der Waals surface area (Å²) < 4.78 is 16.2. The first-order valence-corrected chi connectivity index (χ1v) is 8.53. The van der Waals surface area contributed by atoms with Crippen LogP contribution in [0.25, 0.3) is 0 Å². The van der Waals surface area contributed by atoms with E-state index >= 15 is 0 Å². The summed E-state index contributed by atoms with van der Waals surface area (Å²) in [6.45, 7) is 2.79. The van der Waals surface area contributed by atoms with Crippen molar-refractivity contribution in [1.82, 2.24) is 4.90 Å². The van der Waals surface area contributed by atoms with Crippen LogP contribution >= 0.6 is 0 Å². The summed E-state index contributed by atoms with van der Waals surface area (Å²) in [4.78, 5) is 13.2. The first kappa shape index (κ1) is 16.8. The molecule has 0 amide bonds. The van der Waals surface area contributed by atoms with Crippen LogP contribution < -0.4 is 9.47 Å². The Kier molecular flexibility index (Phi) is 4.48. The van der Waals surface area contributed by atoms with Gasteiger partial charge < -0.3 is 14.2 Å². The molecule has 0 aliphatic carbocycles. The van der Waals surface area contributed by atoms with Gasteiger partial charge in [-0.2, -0.15) is 0 Å². The third-order valence-corrected chi connectivity index (χ3v) is 4.88. The molecule has 0 N–H and O–H groups in total. The van der Waals surface area contributed by atoms with Crippen molar-refractivity contribution in [3.63, 3.8) is 0 Å². The van der Waals surface area contributed by atoms with E-state index in [0.29, 0.717) is 13.2 Å². The quantitative estimate of drug-likeness (QED) is 0.619. The predicted octanol–water partition coefficient (Wildman–Crippen LogP) is 3.03. The third kappa shape index (κ3) is 3.23. The topological polar surface area (TPSA) is 74.1 Å². The Hall–Kier alpha value is -2.64. The number of rotatable bonds is 4. The molecule has 0 saturated carbocycles. The normalized spacial score (nSPS) is 16.3. The maximum absolute atomic E-state index is 11.3. The summed E-state index contributed by atoms with van der Waals surface area (Å²) in [5.41, 5.74) is 4.21. The average Bonchev–Trinajstić information content (AvgIpc) is 2.67. The van der Waals surface area contributed by atoms with Gasteiger partial charge in [0.1, 0.15) is 11.5 Å². The third-order valence-electron chi connectivity index (χ3n) is 4.88. The molecule has 7 heteroatoms. The molecular formula is C19H20N2O5. The van der Waals surface area contributed by atoms with Crippen molar-refractivity contribution in [2.75, 3.05) is 20.4 Å². The molecule has 0 unspecified atom stereocenters. The molecule has 2 aromatic carbocycles. The SMILES string of the molecule is COc1ccc2c(c1)CN(Cc1cc([N+](=O)[O-])cc3c1OCOC3)CC2. The molecule has 0 saturated heterocycles. The summed E-state index contributed by atoms with van der Waals surface area (Å²) in [6, 6.07) is 9.31. The fourth-order valence-corrected chi connectivity index (χ4v) is 3.60. The van der Waals surface area contributed by atoms with Crippen LogP contribution in [0.2, 0.25) is 0 Å². The maximum atomic E-state index is 11.3. The molecule has 0 atom stereocenters. The lowest BCUT2D eigenvalue weighted by molar-refractivity contribution is -0.385. The number of fused-ring (bicyclic) bond motifs is 2. The van der Waals surface area contributed by atoms with E-state index < -0.39 is 0 Å². The molecule has 0 bridgehead atoms. The fourth-order valence-electron chi connectivity index (χ4n) is 3.60. The molecule has 26 heavy (non-hydrogen) atoms. The van der Waals surface area contributed by atoms with Crippen LogP contribution in [0.15, 0.2) is 30.3 Å². The lowest BCUT2D eigenvalue weighted by Crippen LogP contribution is -2.30. The van der Waals surface area contributed by atoms with Crippen LogP contribution in [0.5, 0.6) is 11.5 Å². The van der Waals surface area contributed by atoms with Crippen molar-refractivity contribution in [2.45, 2.75) is 26.1 Å². The van der Waals surface area contributed by atoms with E-state index in [0.717, 1.165) is 42.1 Å². The highest BCUT2D eigenvalue weighted by molar-refractivity contribution is 5.50. The first-order chi connectivity index (χ1) is 12.6. The van der Waals surface area contributed by atoms with E-state index in [1.807, 2.05) is 6.07 Å². The number of non-ortho nitro benzene ring substituents is 1. The number of hydrogen-bond acceptors (Lipinski definition) is 6. The molecule has 2 aliphatic rings. The van der Waals surface area contributed by atoms with Gasteiger partial charge in [-0.25, -0.2) is 0 Å². The number of nitro groups is 1. The molecule has 0 radical (unpaired) electrons. The Morgan fingerprint density at radius 1 is 1.23 bits per heavy atom. The van der Waals surface area contributed by atoms with Gasteiger partial charge in [0, 0.05) is 42.9 Å². The zero-order chi connectivity index (χ0) is 18.1. The van der Waals surface area contributed by atoms with Crippen molar-refractivity contribution < 1.29 is 19.1 Å². The second kappa shape index (κ2) is 6.93. The second-order valence-electron chi connectivity index (χ2n) is 6.56. The minimum absolute atomic E-state index is 0.0759. The van der Waals surface area contributed by atoms with Crippen LogP contribution in [0.3, 0.4) is 0 Å². The molecule has 0 aromatic heterocycles. The van der Waals surface area contributed by atoms with E-state index in [2.05, 4.69) is 17.0 Å². The van der Waals surface area contributed by atoms with Gasteiger partial charge in [0.15, 0.2) is 6.79 Å². The van der Waals surface area contributed by atoms with E-state index in [9.17, 15) is 10.1 Å². The molecule has 0 fully saturated rings. The number of benzene rings is 2. The summed E-state index contributed by atoms with van der Waals surface area (Å²) in [7, 11) is 1.66. The molecule has 4 rings (SSSR count). The van der Waals surface area contributed by atoms with Gasteiger partial charge >= 0.3 is 0 Å². The van der Waals surface area contributed by atoms with Crippen LogP contribution in [0, 0.1) is 10.1 Å². The fraction of sp³-hybridized carbons (Fsp3) is 0.368. The first-order valence-electron chi connectivity index (χ1n) is 8.53. The Labute approximate surface area is 151 Å². The van der Waals surface area contributed by atoms with E-state index in [-0.39, 0.29) is 17.4 Å². The predicted molar refractivity (Wildman–Crippen MR) is 94.2 cm³/mol. The molecule has 2 heterocycles. The van der Waals surface area contributed by atoms with Crippen molar-refractivity contribution in [3.8, 4) is 11.5 Å². The van der Waals surface area contributed by atoms with E-state index in [1.54, 1.807) is 13.2 Å². The number of hydrogen-bond donors (Lipinski definition) is 0. The highest BCUT2D eigenvalue weighted by atomic mass is 16.7. The van der Waals surface area contributed by atoms with Crippen molar-refractivity contribution in [3.05, 3.63) is 62.7 Å². The summed E-state index contributed by atoms with van der Waals surface area (Å²) >= 11 is 0. The highest BCUT2D eigenvalue weighted by Gasteiger charge is 2.24. The summed E-state index contributed by atoms with van der Waals surface area (Å²) in [6.07, 6.45) is 0.945. The standard InChI is InChI=1S/C19H20N2O5/c1-24-18-3-2-13-4-5-20(9-14(13)8-18)10-15-6-17(21(22)23)7-16-11-25-12-26-19(15)16/h2-3,6-8H,4-5,9-12H2,1H3. The number of ether oxygens (including phenoxy) is 3. The van der Waals surface area contributed by atoms with Crippen LogP contribution in [-0.4, -0.2) is 30.3 Å². The summed E-state index contributed by atoms with van der Waals surface area (Å²) in [5.74, 6) is 1.57. The maximum Gasteiger partial charge on any atom is 0.270 e. The minimum Gasteiger partial charge on any atom is -0.497 e. The molecule has 7 nitrogen and oxygen atoms in total. The molecular weight excluding hydrogens is 336 g/mol. The zero-order valence-electron chi connectivity index (χ0n) is 14.6. The van der Waals surface area contributed by atoms with Gasteiger partial charge in [0.2, 0.25) is 0 Å². The largest absolute Gasteiger partial charge is 0.497 e. The zero-order valence-corrected chi connectivity index (χ0v) is 14.6. The number of methoxy groups -OCH3 is 1. The van der Waals surface area contributed by atoms with Gasteiger partial charge in [-0.3, -0.25) is 15.0 Å². The molecule has 2 aliphatic heterocycles. The van der Waals surface area contributed by atoms with Gasteiger partial charge in [0.25, 0.3) is 5.69 Å². The van der Waals surface area contributed by atoms with E-state index in [4.69, 9.17) is 14.2 Å². The van der Waals surface area contributed by atoms with Crippen LogP contribution in [-0.2, 0) is 30.9 Å². The van der Waals surface area contributed by atoms with Gasteiger partial charge in [-0.05, 0) is 29.7 Å². The van der Waals surface area contributed by atoms with Gasteiger partial charge in [-0.15, -0.1) is 0 Å². The van der Waals surface area contributed by atoms with Crippen molar-refractivity contribution in [1.29, 1.82) is 0 Å². The van der Waals surface area contributed by atoms with Gasteiger partial charge in [-0.1, -0.05) is 6.07 Å². The van der Waals surface area contributed by atoms with Crippen LogP contribution in [0.4, 0.5) is 5.69 Å². The Morgan fingerprint density at radius 3 is 2.92 bits per heavy atom. The Balaban J connectivity index is 1.61. The number of nitro benzene ring substituents is 1. The molecule has 136 valence electrons. The smallest absolute Gasteiger partial charge is 0.270 e. The second-order valence-corrected chi connectivity index (χ2v) is 6.56. The van der Waals surface area contributed by atoms with Crippen molar-refractivity contribution in [2.24, 2.45) is 0 Å². The summed E-state index contributed by atoms with van der Waals surface area (Å²) in [5, 5.41) is 11.3. The Morgan fingerprint density at radius 2 is 2.12 bits per heavy atom. The molecule has 2 aromatic rings. The average molecular weight is 356 g/mol. The van der Waals surface area contributed by atoms with Gasteiger partial charge in [0.05, 0.1) is 18.6 Å².